The monoisotopic (exact) mass is 369 g/mol. The molecule has 10 heteroatoms. The molecule has 0 saturated carbocycles. The molecule has 0 aliphatic carbocycles. The molecule has 0 unspecified atom stereocenters. The molecule has 1 amide bonds. The summed E-state index contributed by atoms with van der Waals surface area (Å²) in [5, 5.41) is 2.28. The van der Waals surface area contributed by atoms with Crippen molar-refractivity contribution in [3.63, 3.8) is 0 Å². The zero-order valence-corrected chi connectivity index (χ0v) is 14.0. The minimum atomic E-state index is -0.918. The number of rotatable bonds is 5. The number of esters is 1. The average molecular weight is 369 g/mol. The van der Waals surface area contributed by atoms with Crippen molar-refractivity contribution < 1.29 is 23.1 Å². The summed E-state index contributed by atoms with van der Waals surface area (Å²) >= 11 is 0.815. The van der Waals surface area contributed by atoms with Gasteiger partial charge >= 0.3 is 11.7 Å². The van der Waals surface area contributed by atoms with Crippen LogP contribution in [0.5, 0.6) is 0 Å². The Morgan fingerprint density at radius 2 is 2.08 bits per heavy atom. The van der Waals surface area contributed by atoms with Crippen molar-refractivity contribution in [1.29, 1.82) is 0 Å². The van der Waals surface area contributed by atoms with Gasteiger partial charge in [-0.2, -0.15) is 4.98 Å². The van der Waals surface area contributed by atoms with Crippen LogP contribution in [0.1, 0.15) is 16.1 Å². The Kier molecular flexibility index (Phi) is 5.86. The fourth-order valence-corrected chi connectivity index (χ4v) is 2.79. The van der Waals surface area contributed by atoms with Gasteiger partial charge in [-0.05, 0) is 19.1 Å². The number of carbonyl (C=O) groups is 2. The van der Waals surface area contributed by atoms with Gasteiger partial charge in [-0.3, -0.25) is 4.79 Å². The number of aryl methyl sites for hydroxylation is 1. The van der Waals surface area contributed by atoms with Gasteiger partial charge in [0.2, 0.25) is 5.91 Å². The Hall–Kier alpha value is -2.75. The normalized spacial score (nSPS) is 10.4. The van der Waals surface area contributed by atoms with Gasteiger partial charge in [0.1, 0.15) is 22.2 Å². The Morgan fingerprint density at radius 3 is 2.72 bits per heavy atom. The SMILES string of the molecule is COC(=O)c1c(SCC(=O)Nc2ccc(F)cc2F)nc(=O)[nH]c1C. The molecule has 2 N–H and O–H groups in total. The molecule has 1 heterocycles. The number of hydrogen-bond acceptors (Lipinski definition) is 6. The minimum absolute atomic E-state index is 0.0165. The number of nitrogens with one attached hydrogen (secondary N) is 2. The molecule has 2 aromatic rings. The molecule has 0 atom stereocenters. The number of aromatic nitrogens is 2. The van der Waals surface area contributed by atoms with Crippen molar-refractivity contribution in [1.82, 2.24) is 9.97 Å². The third kappa shape index (κ3) is 4.63. The molecule has 2 rings (SSSR count). The third-order valence-corrected chi connectivity index (χ3v) is 4.00. The predicted molar refractivity (Wildman–Crippen MR) is 86.6 cm³/mol. The van der Waals surface area contributed by atoms with Crippen molar-refractivity contribution >= 4 is 29.3 Å². The van der Waals surface area contributed by atoms with Gasteiger partial charge in [-0.15, -0.1) is 0 Å². The van der Waals surface area contributed by atoms with Crippen LogP contribution in [0.2, 0.25) is 0 Å². The number of halogens is 2. The molecule has 0 saturated heterocycles. The zero-order valence-electron chi connectivity index (χ0n) is 13.2. The molecular weight excluding hydrogens is 356 g/mol. The number of thioether (sulfide) groups is 1. The third-order valence-electron chi connectivity index (χ3n) is 3.02. The summed E-state index contributed by atoms with van der Waals surface area (Å²) in [5.41, 5.74) is -0.583. The highest BCUT2D eigenvalue weighted by atomic mass is 32.2. The first-order valence-corrected chi connectivity index (χ1v) is 7.87. The van der Waals surface area contributed by atoms with Gasteiger partial charge in [0, 0.05) is 11.8 Å². The van der Waals surface area contributed by atoms with Gasteiger partial charge in [-0.1, -0.05) is 11.8 Å². The van der Waals surface area contributed by atoms with Crippen LogP contribution in [-0.2, 0) is 9.53 Å². The van der Waals surface area contributed by atoms with Crippen molar-refractivity contribution in [2.45, 2.75) is 11.9 Å². The van der Waals surface area contributed by atoms with Crippen molar-refractivity contribution in [2.75, 3.05) is 18.2 Å². The first-order chi connectivity index (χ1) is 11.8. The van der Waals surface area contributed by atoms with Crippen LogP contribution in [-0.4, -0.2) is 34.7 Å². The Morgan fingerprint density at radius 1 is 1.36 bits per heavy atom. The highest BCUT2D eigenvalue weighted by molar-refractivity contribution is 8.00. The summed E-state index contributed by atoms with van der Waals surface area (Å²) in [6.07, 6.45) is 0. The standard InChI is InChI=1S/C15H13F2N3O4S/c1-7-12(14(22)24-2)13(20-15(23)18-7)25-6-11(21)19-10-4-3-8(16)5-9(10)17/h3-5H,6H2,1-2H3,(H,19,21)(H,18,20,23). The number of aromatic amines is 1. The van der Waals surface area contributed by atoms with Crippen LogP contribution < -0.4 is 11.0 Å². The van der Waals surface area contributed by atoms with Crippen molar-refractivity contribution in [3.05, 3.63) is 51.6 Å². The number of methoxy groups -OCH3 is 1. The van der Waals surface area contributed by atoms with E-state index in [4.69, 9.17) is 0 Å². The number of hydrogen-bond donors (Lipinski definition) is 2. The van der Waals surface area contributed by atoms with E-state index in [9.17, 15) is 23.2 Å². The number of benzene rings is 1. The molecule has 25 heavy (non-hydrogen) atoms. The van der Waals surface area contributed by atoms with Crippen LogP contribution in [0, 0.1) is 18.6 Å². The second kappa shape index (κ2) is 7.88. The first kappa shape index (κ1) is 18.6. The van der Waals surface area contributed by atoms with E-state index >= 15 is 0 Å². The number of nitrogens with zero attached hydrogens (tertiary/aromatic N) is 1. The van der Waals surface area contributed by atoms with Gasteiger partial charge < -0.3 is 15.0 Å². The smallest absolute Gasteiger partial charge is 0.346 e. The first-order valence-electron chi connectivity index (χ1n) is 6.88. The molecule has 0 spiro atoms. The lowest BCUT2D eigenvalue weighted by atomic mass is 10.2. The van der Waals surface area contributed by atoms with Crippen LogP contribution in [0.25, 0.3) is 0 Å². The summed E-state index contributed by atoms with van der Waals surface area (Å²) in [6, 6.07) is 2.73. The topological polar surface area (TPSA) is 101 Å². The van der Waals surface area contributed by atoms with Gasteiger partial charge in [0.25, 0.3) is 0 Å². The summed E-state index contributed by atoms with van der Waals surface area (Å²) < 4.78 is 31.0. The van der Waals surface area contributed by atoms with Gasteiger partial charge in [0.05, 0.1) is 18.6 Å². The van der Waals surface area contributed by atoms with Gasteiger partial charge in [-0.25, -0.2) is 18.4 Å². The minimum Gasteiger partial charge on any atom is -0.465 e. The summed E-state index contributed by atoms with van der Waals surface area (Å²) in [7, 11) is 1.17. The maximum atomic E-state index is 13.5. The van der Waals surface area contributed by atoms with E-state index in [1.165, 1.54) is 14.0 Å². The Bertz CT molecular complexity index is 886. The highest BCUT2D eigenvalue weighted by Gasteiger charge is 2.19. The van der Waals surface area contributed by atoms with E-state index in [0.29, 0.717) is 6.07 Å². The maximum Gasteiger partial charge on any atom is 0.346 e. The molecule has 0 bridgehead atoms. The highest BCUT2D eigenvalue weighted by Crippen LogP contribution is 2.22. The van der Waals surface area contributed by atoms with Crippen LogP contribution >= 0.6 is 11.8 Å². The van der Waals surface area contributed by atoms with E-state index in [0.717, 1.165) is 23.9 Å². The fraction of sp³-hybridized carbons (Fsp3) is 0.200. The largest absolute Gasteiger partial charge is 0.465 e. The summed E-state index contributed by atoms with van der Waals surface area (Å²) in [5.74, 6) is -3.27. The fourth-order valence-electron chi connectivity index (χ4n) is 1.92. The number of amides is 1. The lowest BCUT2D eigenvalue weighted by molar-refractivity contribution is -0.113. The summed E-state index contributed by atoms with van der Waals surface area (Å²) in [6.45, 7) is 1.49. The van der Waals surface area contributed by atoms with E-state index in [1.807, 2.05) is 0 Å². The zero-order chi connectivity index (χ0) is 18.6. The van der Waals surface area contributed by atoms with E-state index in [1.54, 1.807) is 0 Å². The van der Waals surface area contributed by atoms with Gasteiger partial charge in [0.15, 0.2) is 0 Å². The van der Waals surface area contributed by atoms with Crippen LogP contribution in [0.15, 0.2) is 28.0 Å². The number of ether oxygens (including phenoxy) is 1. The molecule has 0 aliphatic heterocycles. The number of carbonyl (C=O) groups excluding carboxylic acids is 2. The molecule has 1 aromatic heterocycles. The lowest BCUT2D eigenvalue weighted by Crippen LogP contribution is -2.20. The van der Waals surface area contributed by atoms with Crippen LogP contribution in [0.3, 0.4) is 0 Å². The van der Waals surface area contributed by atoms with E-state index in [2.05, 4.69) is 20.0 Å². The molecule has 0 radical (unpaired) electrons. The number of H-pyrrole nitrogens is 1. The average Bonchev–Trinajstić information content (AvgIpc) is 2.54. The van der Waals surface area contributed by atoms with Crippen molar-refractivity contribution in [3.8, 4) is 0 Å². The molecule has 0 fully saturated rings. The Balaban J connectivity index is 2.14. The molecule has 7 nitrogen and oxygen atoms in total. The molecule has 132 valence electrons. The Labute approximate surface area is 144 Å². The maximum absolute atomic E-state index is 13.5. The predicted octanol–water partition coefficient (Wildman–Crippen LogP) is 1.87. The second-order valence-electron chi connectivity index (χ2n) is 4.80. The van der Waals surface area contributed by atoms with E-state index < -0.39 is 29.2 Å². The number of anilines is 1. The summed E-state index contributed by atoms with van der Waals surface area (Å²) in [4.78, 5) is 41.2. The van der Waals surface area contributed by atoms with E-state index in [-0.39, 0.29) is 27.7 Å². The molecular formula is C15H13F2N3O4S. The second-order valence-corrected chi connectivity index (χ2v) is 5.76. The quantitative estimate of drug-likeness (QED) is 0.474. The molecule has 1 aromatic carbocycles. The lowest BCUT2D eigenvalue weighted by Gasteiger charge is -2.09. The van der Waals surface area contributed by atoms with Crippen molar-refractivity contribution in [2.24, 2.45) is 0 Å². The molecule has 0 aliphatic rings. The van der Waals surface area contributed by atoms with Crippen LogP contribution in [0.4, 0.5) is 14.5 Å².